The number of alkyl carbamates (subject to hydrolysis) is 1. The van der Waals surface area contributed by atoms with Crippen LogP contribution in [0.25, 0.3) is 0 Å². The zero-order valence-corrected chi connectivity index (χ0v) is 13.0. The van der Waals surface area contributed by atoms with Crippen molar-refractivity contribution in [1.29, 1.82) is 0 Å². The van der Waals surface area contributed by atoms with Crippen LogP contribution < -0.4 is 5.32 Å². The molecule has 0 aromatic heterocycles. The van der Waals surface area contributed by atoms with Gasteiger partial charge >= 0.3 is 6.09 Å². The molecule has 2 amide bonds. The SMILES string of the molecule is CCOC(=O)NC1CCCN(C(=O)c2c(F)cccc2Cl)C1. The summed E-state index contributed by atoms with van der Waals surface area (Å²) in [5.74, 6) is -1.10. The van der Waals surface area contributed by atoms with E-state index in [2.05, 4.69) is 5.32 Å². The van der Waals surface area contributed by atoms with E-state index in [1.807, 2.05) is 0 Å². The van der Waals surface area contributed by atoms with Crippen molar-refractivity contribution in [2.24, 2.45) is 0 Å². The first kappa shape index (κ1) is 16.5. The molecular weight excluding hydrogens is 311 g/mol. The Hall–Kier alpha value is -1.82. The molecular formula is C15H18ClFN2O3. The minimum absolute atomic E-state index is 0.0884. The van der Waals surface area contributed by atoms with Crippen molar-refractivity contribution in [3.63, 3.8) is 0 Å². The molecule has 0 aliphatic carbocycles. The average Bonchev–Trinajstić information content (AvgIpc) is 2.47. The molecule has 1 aliphatic rings. The molecule has 5 nitrogen and oxygen atoms in total. The fraction of sp³-hybridized carbons (Fsp3) is 0.467. The summed E-state index contributed by atoms with van der Waals surface area (Å²) in [5, 5.41) is 2.79. The minimum atomic E-state index is -0.641. The lowest BCUT2D eigenvalue weighted by molar-refractivity contribution is 0.0681. The van der Waals surface area contributed by atoms with Crippen molar-refractivity contribution in [2.75, 3.05) is 19.7 Å². The molecule has 120 valence electrons. The van der Waals surface area contributed by atoms with Crippen LogP contribution in [0.4, 0.5) is 9.18 Å². The lowest BCUT2D eigenvalue weighted by Gasteiger charge is -2.33. The number of piperidine rings is 1. The highest BCUT2D eigenvalue weighted by atomic mass is 35.5. The Kier molecular flexibility index (Phi) is 5.60. The van der Waals surface area contributed by atoms with E-state index < -0.39 is 17.8 Å². The molecule has 1 unspecified atom stereocenters. The molecule has 1 aliphatic heterocycles. The second-order valence-corrected chi connectivity index (χ2v) is 5.46. The Morgan fingerprint density at radius 3 is 2.95 bits per heavy atom. The average molecular weight is 329 g/mol. The number of likely N-dealkylation sites (tertiary alicyclic amines) is 1. The number of hydrogen-bond donors (Lipinski definition) is 1. The Bertz CT molecular complexity index is 547. The molecule has 7 heteroatoms. The van der Waals surface area contributed by atoms with Crippen molar-refractivity contribution in [1.82, 2.24) is 10.2 Å². The van der Waals surface area contributed by atoms with Crippen molar-refractivity contribution in [2.45, 2.75) is 25.8 Å². The molecule has 1 aromatic carbocycles. The largest absolute Gasteiger partial charge is 0.450 e. The highest BCUT2D eigenvalue weighted by Gasteiger charge is 2.28. The highest BCUT2D eigenvalue weighted by Crippen LogP contribution is 2.22. The molecule has 1 saturated heterocycles. The Balaban J connectivity index is 2.06. The number of halogens is 2. The van der Waals surface area contributed by atoms with Crippen LogP contribution in [-0.2, 0) is 4.74 Å². The summed E-state index contributed by atoms with van der Waals surface area (Å²) in [6.45, 7) is 2.81. The number of carbonyl (C=O) groups excluding carboxylic acids is 2. The summed E-state index contributed by atoms with van der Waals surface area (Å²) in [4.78, 5) is 25.4. The predicted octanol–water partition coefficient (Wildman–Crippen LogP) is 2.83. The summed E-state index contributed by atoms with van der Waals surface area (Å²) in [5.41, 5.74) is -0.124. The number of hydrogen-bond acceptors (Lipinski definition) is 3. The molecule has 0 radical (unpaired) electrons. The van der Waals surface area contributed by atoms with Gasteiger partial charge in [0.25, 0.3) is 5.91 Å². The number of benzene rings is 1. The summed E-state index contributed by atoms with van der Waals surface area (Å²) in [7, 11) is 0. The van der Waals surface area contributed by atoms with E-state index in [0.29, 0.717) is 13.1 Å². The monoisotopic (exact) mass is 328 g/mol. The molecule has 1 aromatic rings. The number of nitrogens with one attached hydrogen (secondary N) is 1. The molecule has 1 heterocycles. The highest BCUT2D eigenvalue weighted by molar-refractivity contribution is 6.33. The van der Waals surface area contributed by atoms with Crippen LogP contribution in [0.15, 0.2) is 18.2 Å². The molecule has 1 atom stereocenters. The van der Waals surface area contributed by atoms with Gasteiger partial charge in [0.1, 0.15) is 5.82 Å². The van der Waals surface area contributed by atoms with Gasteiger partial charge < -0.3 is 15.0 Å². The fourth-order valence-corrected chi connectivity index (χ4v) is 2.72. The van der Waals surface area contributed by atoms with E-state index in [1.165, 1.54) is 23.1 Å². The van der Waals surface area contributed by atoms with E-state index in [1.54, 1.807) is 6.92 Å². The van der Waals surface area contributed by atoms with Gasteiger partial charge in [-0.2, -0.15) is 0 Å². The second kappa shape index (κ2) is 7.45. The molecule has 2 rings (SSSR count). The zero-order chi connectivity index (χ0) is 16.1. The van der Waals surface area contributed by atoms with E-state index >= 15 is 0 Å². The first-order chi connectivity index (χ1) is 10.5. The standard InChI is InChI=1S/C15H18ClFN2O3/c1-2-22-15(21)18-10-5-4-8-19(9-10)14(20)13-11(16)6-3-7-12(13)17/h3,6-7,10H,2,4-5,8-9H2,1H3,(H,18,21). The first-order valence-electron chi connectivity index (χ1n) is 7.19. The maximum absolute atomic E-state index is 13.8. The summed E-state index contributed by atoms with van der Waals surface area (Å²) in [6, 6.07) is 3.94. The van der Waals surface area contributed by atoms with Crippen LogP contribution in [0.5, 0.6) is 0 Å². The van der Waals surface area contributed by atoms with E-state index in [9.17, 15) is 14.0 Å². The fourth-order valence-electron chi connectivity index (χ4n) is 2.48. The summed E-state index contributed by atoms with van der Waals surface area (Å²) >= 11 is 5.93. The third kappa shape index (κ3) is 3.88. The van der Waals surface area contributed by atoms with Crippen molar-refractivity contribution in [3.05, 3.63) is 34.6 Å². The summed E-state index contributed by atoms with van der Waals surface area (Å²) in [6.07, 6.45) is 0.952. The first-order valence-corrected chi connectivity index (χ1v) is 7.57. The second-order valence-electron chi connectivity index (χ2n) is 5.05. The lowest BCUT2D eigenvalue weighted by atomic mass is 10.0. The topological polar surface area (TPSA) is 58.6 Å². The number of amides is 2. The van der Waals surface area contributed by atoms with E-state index in [4.69, 9.17) is 16.3 Å². The maximum atomic E-state index is 13.8. The van der Waals surface area contributed by atoms with Gasteiger partial charge in [0.05, 0.1) is 17.2 Å². The molecule has 0 spiro atoms. The van der Waals surface area contributed by atoms with Crippen LogP contribution in [0.1, 0.15) is 30.1 Å². The Labute approximate surface area is 133 Å². The van der Waals surface area contributed by atoms with Crippen LogP contribution in [0, 0.1) is 5.82 Å². The van der Waals surface area contributed by atoms with Gasteiger partial charge in [0.2, 0.25) is 0 Å². The molecule has 22 heavy (non-hydrogen) atoms. The lowest BCUT2D eigenvalue weighted by Crippen LogP contribution is -2.49. The maximum Gasteiger partial charge on any atom is 0.407 e. The number of carbonyl (C=O) groups is 2. The third-order valence-corrected chi connectivity index (χ3v) is 3.80. The molecule has 1 fully saturated rings. The van der Waals surface area contributed by atoms with Gasteiger partial charge in [-0.05, 0) is 31.9 Å². The van der Waals surface area contributed by atoms with Crippen LogP contribution in [0.3, 0.4) is 0 Å². The van der Waals surface area contributed by atoms with Crippen LogP contribution in [-0.4, -0.2) is 42.6 Å². The Morgan fingerprint density at radius 2 is 2.27 bits per heavy atom. The van der Waals surface area contributed by atoms with Gasteiger partial charge in [-0.25, -0.2) is 9.18 Å². The minimum Gasteiger partial charge on any atom is -0.450 e. The van der Waals surface area contributed by atoms with Gasteiger partial charge in [0.15, 0.2) is 0 Å². The van der Waals surface area contributed by atoms with Crippen LogP contribution in [0.2, 0.25) is 5.02 Å². The van der Waals surface area contributed by atoms with Crippen molar-refractivity contribution >= 4 is 23.6 Å². The van der Waals surface area contributed by atoms with E-state index in [-0.39, 0.29) is 23.2 Å². The van der Waals surface area contributed by atoms with Gasteiger partial charge in [-0.3, -0.25) is 4.79 Å². The molecule has 0 saturated carbocycles. The van der Waals surface area contributed by atoms with Crippen molar-refractivity contribution in [3.8, 4) is 0 Å². The summed E-state index contributed by atoms with van der Waals surface area (Å²) < 4.78 is 18.7. The van der Waals surface area contributed by atoms with Gasteiger partial charge in [-0.15, -0.1) is 0 Å². The van der Waals surface area contributed by atoms with Gasteiger partial charge in [-0.1, -0.05) is 17.7 Å². The number of ether oxygens (including phenoxy) is 1. The van der Waals surface area contributed by atoms with Gasteiger partial charge in [0, 0.05) is 19.1 Å². The smallest absolute Gasteiger partial charge is 0.407 e. The number of nitrogens with zero attached hydrogens (tertiary/aromatic N) is 1. The third-order valence-electron chi connectivity index (χ3n) is 3.48. The van der Waals surface area contributed by atoms with Crippen LogP contribution >= 0.6 is 11.6 Å². The quantitative estimate of drug-likeness (QED) is 0.928. The molecule has 1 N–H and O–H groups in total. The predicted molar refractivity (Wildman–Crippen MR) is 80.5 cm³/mol. The normalized spacial score (nSPS) is 18.0. The van der Waals surface area contributed by atoms with E-state index in [0.717, 1.165) is 12.8 Å². The molecule has 0 bridgehead atoms. The van der Waals surface area contributed by atoms with Crippen molar-refractivity contribution < 1.29 is 18.7 Å². The zero-order valence-electron chi connectivity index (χ0n) is 12.3. The Morgan fingerprint density at radius 1 is 1.50 bits per heavy atom. The number of rotatable bonds is 3.